The van der Waals surface area contributed by atoms with Gasteiger partial charge in [0.15, 0.2) is 5.79 Å². The van der Waals surface area contributed by atoms with E-state index in [0.29, 0.717) is 0 Å². The van der Waals surface area contributed by atoms with Crippen molar-refractivity contribution in [1.82, 2.24) is 0 Å². The van der Waals surface area contributed by atoms with Gasteiger partial charge in [-0.3, -0.25) is 4.79 Å². The van der Waals surface area contributed by atoms with Crippen LogP contribution in [0.2, 0.25) is 0 Å². The second-order valence-electron chi connectivity index (χ2n) is 4.62. The van der Waals surface area contributed by atoms with Crippen molar-refractivity contribution in [3.8, 4) is 0 Å². The molecule has 0 aromatic heterocycles. The maximum absolute atomic E-state index is 10.6. The Bertz CT molecular complexity index is 241. The molecule has 0 atom stereocenters. The summed E-state index contributed by atoms with van der Waals surface area (Å²) in [7, 11) is 3.29. The predicted octanol–water partition coefficient (Wildman–Crippen LogP) is 1.25. The summed E-state index contributed by atoms with van der Waals surface area (Å²) in [6.45, 7) is 0. The lowest BCUT2D eigenvalue weighted by molar-refractivity contribution is -0.317. The number of aliphatic carboxylic acids is 1. The van der Waals surface area contributed by atoms with Crippen LogP contribution in [0.4, 0.5) is 0 Å². The average Bonchev–Trinajstić information content (AvgIpc) is 2.01. The molecule has 0 aromatic carbocycles. The lowest BCUT2D eigenvalue weighted by Crippen LogP contribution is -2.60. The largest absolute Gasteiger partial charge is 0.481 e. The molecule has 0 radical (unpaired) electrons. The molecule has 2 fully saturated rings. The first-order chi connectivity index (χ1) is 6.55. The maximum Gasteiger partial charge on any atom is 0.306 e. The minimum atomic E-state index is -0.664. The zero-order valence-corrected chi connectivity index (χ0v) is 8.58. The van der Waals surface area contributed by atoms with Crippen molar-refractivity contribution >= 4 is 5.97 Å². The lowest BCUT2D eigenvalue weighted by atomic mass is 9.49. The second-order valence-corrected chi connectivity index (χ2v) is 4.62. The first-order valence-electron chi connectivity index (χ1n) is 4.88. The van der Waals surface area contributed by atoms with Crippen molar-refractivity contribution in [3.05, 3.63) is 0 Å². The fraction of sp³-hybridized carbons (Fsp3) is 0.900. The summed E-state index contributed by atoms with van der Waals surface area (Å²) in [4.78, 5) is 10.6. The summed E-state index contributed by atoms with van der Waals surface area (Å²) in [6.07, 6.45) is 3.27. The Kier molecular flexibility index (Phi) is 2.08. The minimum Gasteiger partial charge on any atom is -0.481 e. The van der Waals surface area contributed by atoms with Gasteiger partial charge in [0.05, 0.1) is 5.92 Å². The zero-order valence-electron chi connectivity index (χ0n) is 8.58. The van der Waals surface area contributed by atoms with Gasteiger partial charge in [0.2, 0.25) is 0 Å². The Morgan fingerprint density at radius 2 is 1.79 bits per heavy atom. The van der Waals surface area contributed by atoms with E-state index in [2.05, 4.69) is 0 Å². The first-order valence-corrected chi connectivity index (χ1v) is 4.88. The van der Waals surface area contributed by atoms with Crippen molar-refractivity contribution in [3.63, 3.8) is 0 Å². The van der Waals surface area contributed by atoms with Crippen LogP contribution in [0.1, 0.15) is 25.7 Å². The monoisotopic (exact) mass is 200 g/mol. The maximum atomic E-state index is 10.6. The number of carboxylic acid groups (broad SMARTS) is 1. The van der Waals surface area contributed by atoms with Crippen molar-refractivity contribution < 1.29 is 19.4 Å². The van der Waals surface area contributed by atoms with Crippen molar-refractivity contribution in [2.75, 3.05) is 14.2 Å². The van der Waals surface area contributed by atoms with Gasteiger partial charge in [-0.2, -0.15) is 0 Å². The van der Waals surface area contributed by atoms with Gasteiger partial charge in [0.1, 0.15) is 0 Å². The zero-order chi connectivity index (χ0) is 10.4. The summed E-state index contributed by atoms with van der Waals surface area (Å²) in [5.74, 6) is -1.23. The number of carbonyl (C=O) groups is 1. The first kappa shape index (κ1) is 9.93. The van der Waals surface area contributed by atoms with Crippen LogP contribution in [-0.4, -0.2) is 31.1 Å². The molecule has 0 saturated heterocycles. The standard InChI is InChI=1S/C10H16O4/c1-13-10(14-2)5-9(6-10)3-7(4-9)8(11)12/h7H,3-6H2,1-2H3,(H,11,12). The molecule has 14 heavy (non-hydrogen) atoms. The highest BCUT2D eigenvalue weighted by molar-refractivity contribution is 5.71. The van der Waals surface area contributed by atoms with Crippen molar-refractivity contribution in [1.29, 1.82) is 0 Å². The molecule has 4 nitrogen and oxygen atoms in total. The number of hydrogen-bond donors (Lipinski definition) is 1. The molecule has 0 bridgehead atoms. The van der Waals surface area contributed by atoms with Gasteiger partial charge in [0.25, 0.3) is 0 Å². The molecular weight excluding hydrogens is 184 g/mol. The molecule has 4 heteroatoms. The van der Waals surface area contributed by atoms with E-state index in [1.54, 1.807) is 14.2 Å². The highest BCUT2D eigenvalue weighted by Crippen LogP contribution is 2.63. The number of ether oxygens (including phenoxy) is 2. The van der Waals surface area contributed by atoms with Crippen LogP contribution >= 0.6 is 0 Å². The quantitative estimate of drug-likeness (QED) is 0.696. The van der Waals surface area contributed by atoms with Crippen LogP contribution < -0.4 is 0 Å². The van der Waals surface area contributed by atoms with E-state index in [4.69, 9.17) is 14.6 Å². The molecule has 2 aliphatic carbocycles. The Labute approximate surface area is 83.2 Å². The summed E-state index contributed by atoms with van der Waals surface area (Å²) in [5.41, 5.74) is 0.203. The third-order valence-corrected chi connectivity index (χ3v) is 3.74. The fourth-order valence-corrected chi connectivity index (χ4v) is 2.91. The number of hydrogen-bond acceptors (Lipinski definition) is 3. The average molecular weight is 200 g/mol. The summed E-state index contributed by atoms with van der Waals surface area (Å²) >= 11 is 0. The van der Waals surface area contributed by atoms with Crippen molar-refractivity contribution in [2.45, 2.75) is 31.5 Å². The summed E-state index contributed by atoms with van der Waals surface area (Å²) < 4.78 is 10.6. The van der Waals surface area contributed by atoms with E-state index in [-0.39, 0.29) is 11.3 Å². The number of methoxy groups -OCH3 is 2. The molecule has 0 unspecified atom stereocenters. The van der Waals surface area contributed by atoms with Gasteiger partial charge in [-0.05, 0) is 18.3 Å². The molecular formula is C10H16O4. The molecule has 2 rings (SSSR count). The second kappa shape index (κ2) is 2.94. The van der Waals surface area contributed by atoms with Crippen molar-refractivity contribution in [2.24, 2.45) is 11.3 Å². The molecule has 0 amide bonds. The topological polar surface area (TPSA) is 55.8 Å². The van der Waals surface area contributed by atoms with Gasteiger partial charge < -0.3 is 14.6 Å². The van der Waals surface area contributed by atoms with Gasteiger partial charge in [0, 0.05) is 27.1 Å². The summed E-state index contributed by atoms with van der Waals surface area (Å²) in [5, 5.41) is 8.77. The molecule has 1 N–H and O–H groups in total. The highest BCUT2D eigenvalue weighted by atomic mass is 16.7. The lowest BCUT2D eigenvalue weighted by Gasteiger charge is -2.60. The predicted molar refractivity (Wildman–Crippen MR) is 48.8 cm³/mol. The molecule has 0 aliphatic heterocycles. The van der Waals surface area contributed by atoms with Crippen LogP contribution in [0.15, 0.2) is 0 Å². The van der Waals surface area contributed by atoms with Crippen LogP contribution in [0.25, 0.3) is 0 Å². The Morgan fingerprint density at radius 1 is 1.29 bits per heavy atom. The van der Waals surface area contributed by atoms with E-state index in [1.807, 2.05) is 0 Å². The molecule has 2 saturated carbocycles. The third kappa shape index (κ3) is 1.25. The normalized spacial score (nSPS) is 28.1. The van der Waals surface area contributed by atoms with E-state index < -0.39 is 11.8 Å². The SMILES string of the molecule is COC1(OC)CC2(CC(C(=O)O)C2)C1. The fourth-order valence-electron chi connectivity index (χ4n) is 2.91. The van der Waals surface area contributed by atoms with Crippen LogP contribution in [0.3, 0.4) is 0 Å². The molecule has 2 aliphatic rings. The molecule has 80 valence electrons. The summed E-state index contributed by atoms with van der Waals surface area (Å²) in [6, 6.07) is 0. The van der Waals surface area contributed by atoms with E-state index >= 15 is 0 Å². The number of carboxylic acids is 1. The highest BCUT2D eigenvalue weighted by Gasteiger charge is 2.62. The Hall–Kier alpha value is -0.610. The van der Waals surface area contributed by atoms with Gasteiger partial charge in [-0.1, -0.05) is 0 Å². The van der Waals surface area contributed by atoms with E-state index in [0.717, 1.165) is 25.7 Å². The van der Waals surface area contributed by atoms with Crippen LogP contribution in [-0.2, 0) is 14.3 Å². The molecule has 1 spiro atoms. The van der Waals surface area contributed by atoms with E-state index in [9.17, 15) is 4.79 Å². The Balaban J connectivity index is 1.87. The van der Waals surface area contributed by atoms with Gasteiger partial charge in [-0.25, -0.2) is 0 Å². The third-order valence-electron chi connectivity index (χ3n) is 3.74. The molecule has 0 aromatic rings. The minimum absolute atomic E-state index is 0.137. The van der Waals surface area contributed by atoms with Crippen LogP contribution in [0.5, 0.6) is 0 Å². The molecule has 0 heterocycles. The smallest absolute Gasteiger partial charge is 0.306 e. The number of rotatable bonds is 3. The van der Waals surface area contributed by atoms with Gasteiger partial charge in [-0.15, -0.1) is 0 Å². The van der Waals surface area contributed by atoms with Gasteiger partial charge >= 0.3 is 5.97 Å². The van der Waals surface area contributed by atoms with E-state index in [1.165, 1.54) is 0 Å². The Morgan fingerprint density at radius 3 is 2.14 bits per heavy atom. The van der Waals surface area contributed by atoms with Crippen LogP contribution in [0, 0.1) is 11.3 Å².